The van der Waals surface area contributed by atoms with Gasteiger partial charge in [-0.05, 0) is 18.1 Å². The van der Waals surface area contributed by atoms with Crippen molar-refractivity contribution in [3.05, 3.63) is 96.1 Å². The van der Waals surface area contributed by atoms with E-state index in [2.05, 4.69) is 5.32 Å². The first-order valence-corrected chi connectivity index (χ1v) is 10.8. The summed E-state index contributed by atoms with van der Waals surface area (Å²) in [5.41, 5.74) is 8.60. The summed E-state index contributed by atoms with van der Waals surface area (Å²) in [5.74, 6) is -0.704. The molecule has 0 aliphatic rings. The molecule has 0 radical (unpaired) electrons. The number of pyridine rings is 1. The molecular weight excluding hydrogens is 414 g/mol. The molecule has 166 valence electrons. The quantitative estimate of drug-likeness (QED) is 0.418. The molecular formula is C27H25N3O3. The minimum Gasteiger partial charge on any atom is -0.481 e. The summed E-state index contributed by atoms with van der Waals surface area (Å²) in [6, 6.07) is 26.4. The molecule has 1 heterocycles. The fraction of sp³-hybridized carbons (Fsp3) is 0.148. The van der Waals surface area contributed by atoms with E-state index in [4.69, 9.17) is 15.5 Å². The second kappa shape index (κ2) is 9.96. The summed E-state index contributed by atoms with van der Waals surface area (Å²) in [6.45, 7) is 1.65. The van der Waals surface area contributed by atoms with Crippen molar-refractivity contribution in [3.8, 4) is 17.0 Å². The third-order valence-electron chi connectivity index (χ3n) is 5.40. The molecule has 4 aromatic rings. The van der Waals surface area contributed by atoms with Gasteiger partial charge >= 0.3 is 0 Å². The molecule has 0 saturated carbocycles. The minimum atomic E-state index is -0.635. The number of amides is 2. The second-order valence-corrected chi connectivity index (χ2v) is 7.65. The SMILES string of the molecule is CC[C@H](NC(=O)c1c(OCC(N)=O)c(-c2ccccc2)nc2ccccc12)c1ccccc1. The summed E-state index contributed by atoms with van der Waals surface area (Å²) in [5, 5.41) is 3.77. The molecule has 0 aliphatic carbocycles. The number of hydrogen-bond acceptors (Lipinski definition) is 4. The van der Waals surface area contributed by atoms with Crippen molar-refractivity contribution in [1.82, 2.24) is 10.3 Å². The van der Waals surface area contributed by atoms with E-state index in [0.717, 1.165) is 11.1 Å². The van der Waals surface area contributed by atoms with Gasteiger partial charge in [0.1, 0.15) is 5.69 Å². The van der Waals surface area contributed by atoms with Crippen LogP contribution in [0.4, 0.5) is 0 Å². The normalized spacial score (nSPS) is 11.7. The van der Waals surface area contributed by atoms with E-state index in [0.29, 0.717) is 28.6 Å². The molecule has 6 nitrogen and oxygen atoms in total. The molecule has 2 amide bonds. The van der Waals surface area contributed by atoms with Crippen LogP contribution in [-0.4, -0.2) is 23.4 Å². The third kappa shape index (κ3) is 4.85. The Morgan fingerprint density at radius 2 is 1.58 bits per heavy atom. The largest absolute Gasteiger partial charge is 0.481 e. The van der Waals surface area contributed by atoms with E-state index >= 15 is 0 Å². The van der Waals surface area contributed by atoms with E-state index in [1.165, 1.54) is 0 Å². The molecule has 0 fully saturated rings. The van der Waals surface area contributed by atoms with E-state index in [1.807, 2.05) is 91.9 Å². The van der Waals surface area contributed by atoms with E-state index in [1.54, 1.807) is 0 Å². The van der Waals surface area contributed by atoms with Crippen LogP contribution in [-0.2, 0) is 4.79 Å². The predicted molar refractivity (Wildman–Crippen MR) is 129 cm³/mol. The van der Waals surface area contributed by atoms with Gasteiger partial charge in [-0.1, -0.05) is 85.8 Å². The number of nitrogens with one attached hydrogen (secondary N) is 1. The van der Waals surface area contributed by atoms with Crippen molar-refractivity contribution >= 4 is 22.7 Å². The average Bonchev–Trinajstić information content (AvgIpc) is 2.86. The number of fused-ring (bicyclic) bond motifs is 1. The number of aromatic nitrogens is 1. The molecule has 1 atom stereocenters. The molecule has 3 N–H and O–H groups in total. The van der Waals surface area contributed by atoms with Gasteiger partial charge in [-0.25, -0.2) is 4.98 Å². The first kappa shape index (κ1) is 22.0. The Bertz CT molecular complexity index is 1270. The minimum absolute atomic E-state index is 0.185. The van der Waals surface area contributed by atoms with Crippen molar-refractivity contribution < 1.29 is 14.3 Å². The Balaban J connectivity index is 1.88. The second-order valence-electron chi connectivity index (χ2n) is 7.65. The van der Waals surface area contributed by atoms with Crippen LogP contribution in [0.2, 0.25) is 0 Å². The summed E-state index contributed by atoms with van der Waals surface area (Å²) < 4.78 is 5.84. The number of primary amides is 1. The molecule has 0 saturated heterocycles. The molecule has 4 rings (SSSR count). The van der Waals surface area contributed by atoms with Gasteiger partial charge in [0.25, 0.3) is 11.8 Å². The first-order chi connectivity index (χ1) is 16.1. The van der Waals surface area contributed by atoms with Gasteiger partial charge in [0, 0.05) is 10.9 Å². The average molecular weight is 440 g/mol. The zero-order valence-corrected chi connectivity index (χ0v) is 18.3. The van der Waals surface area contributed by atoms with Gasteiger partial charge in [0.2, 0.25) is 0 Å². The van der Waals surface area contributed by atoms with Crippen LogP contribution in [0.3, 0.4) is 0 Å². The zero-order chi connectivity index (χ0) is 23.2. The van der Waals surface area contributed by atoms with Crippen molar-refractivity contribution in [3.63, 3.8) is 0 Å². The highest BCUT2D eigenvalue weighted by Gasteiger charge is 2.25. The lowest BCUT2D eigenvalue weighted by molar-refractivity contribution is -0.119. The van der Waals surface area contributed by atoms with Crippen LogP contribution in [0.5, 0.6) is 5.75 Å². The van der Waals surface area contributed by atoms with Crippen LogP contribution >= 0.6 is 0 Å². The third-order valence-corrected chi connectivity index (χ3v) is 5.40. The van der Waals surface area contributed by atoms with Crippen LogP contribution < -0.4 is 15.8 Å². The van der Waals surface area contributed by atoms with Gasteiger partial charge in [0.15, 0.2) is 12.4 Å². The lowest BCUT2D eigenvalue weighted by atomic mass is 10.00. The van der Waals surface area contributed by atoms with Gasteiger partial charge in [-0.2, -0.15) is 0 Å². The molecule has 0 unspecified atom stereocenters. The number of carbonyl (C=O) groups excluding carboxylic acids is 2. The maximum absolute atomic E-state index is 13.7. The van der Waals surface area contributed by atoms with Crippen LogP contribution in [0.25, 0.3) is 22.2 Å². The molecule has 0 bridgehead atoms. The number of ether oxygens (including phenoxy) is 1. The Labute approximate surface area is 192 Å². The fourth-order valence-electron chi connectivity index (χ4n) is 3.83. The monoisotopic (exact) mass is 439 g/mol. The van der Waals surface area contributed by atoms with Crippen molar-refractivity contribution in [2.24, 2.45) is 5.73 Å². The Morgan fingerprint density at radius 1 is 0.939 bits per heavy atom. The smallest absolute Gasteiger partial charge is 0.256 e. The standard InChI is InChI=1S/C27H25N3O3/c1-2-21(18-11-5-3-6-12-18)30-27(32)24-20-15-9-10-16-22(20)29-25(19-13-7-4-8-14-19)26(24)33-17-23(28)31/h3-16,21H,2,17H2,1H3,(H2,28,31)(H,30,32)/t21-/m0/s1. The summed E-state index contributed by atoms with van der Waals surface area (Å²) in [7, 11) is 0. The van der Waals surface area contributed by atoms with Gasteiger partial charge in [-0.15, -0.1) is 0 Å². The molecule has 3 aromatic carbocycles. The maximum atomic E-state index is 13.7. The Kier molecular flexibility index (Phi) is 6.64. The molecule has 33 heavy (non-hydrogen) atoms. The molecule has 0 aliphatic heterocycles. The van der Waals surface area contributed by atoms with Gasteiger partial charge in [-0.3, -0.25) is 9.59 Å². The predicted octanol–water partition coefficient (Wildman–Crippen LogP) is 4.65. The van der Waals surface area contributed by atoms with E-state index in [9.17, 15) is 9.59 Å². The summed E-state index contributed by atoms with van der Waals surface area (Å²) in [4.78, 5) is 30.0. The van der Waals surface area contributed by atoms with Crippen LogP contribution in [0.1, 0.15) is 35.3 Å². The highest BCUT2D eigenvalue weighted by atomic mass is 16.5. The maximum Gasteiger partial charge on any atom is 0.256 e. The number of hydrogen-bond donors (Lipinski definition) is 2. The van der Waals surface area contributed by atoms with Crippen molar-refractivity contribution in [2.45, 2.75) is 19.4 Å². The Hall–Kier alpha value is -4.19. The van der Waals surface area contributed by atoms with Crippen molar-refractivity contribution in [1.29, 1.82) is 0 Å². The number of carbonyl (C=O) groups is 2. The van der Waals surface area contributed by atoms with Crippen LogP contribution in [0, 0.1) is 0 Å². The zero-order valence-electron chi connectivity index (χ0n) is 18.3. The van der Waals surface area contributed by atoms with E-state index < -0.39 is 5.91 Å². The van der Waals surface area contributed by atoms with Crippen molar-refractivity contribution in [2.75, 3.05) is 6.61 Å². The number of nitrogens with zero attached hydrogens (tertiary/aromatic N) is 1. The fourth-order valence-corrected chi connectivity index (χ4v) is 3.83. The number of nitrogens with two attached hydrogens (primary N) is 1. The number of rotatable bonds is 8. The number of benzene rings is 3. The molecule has 6 heteroatoms. The van der Waals surface area contributed by atoms with Gasteiger partial charge in [0.05, 0.1) is 17.1 Å². The Morgan fingerprint density at radius 3 is 2.24 bits per heavy atom. The van der Waals surface area contributed by atoms with E-state index in [-0.39, 0.29) is 24.3 Å². The summed E-state index contributed by atoms with van der Waals surface area (Å²) >= 11 is 0. The molecule has 1 aromatic heterocycles. The highest BCUT2D eigenvalue weighted by molar-refractivity contribution is 6.10. The van der Waals surface area contributed by atoms with Gasteiger partial charge < -0.3 is 15.8 Å². The molecule has 0 spiro atoms. The lowest BCUT2D eigenvalue weighted by Crippen LogP contribution is -2.29. The highest BCUT2D eigenvalue weighted by Crippen LogP contribution is 2.37. The topological polar surface area (TPSA) is 94.3 Å². The van der Waals surface area contributed by atoms with Crippen LogP contribution in [0.15, 0.2) is 84.9 Å². The summed E-state index contributed by atoms with van der Waals surface area (Å²) in [6.07, 6.45) is 0.710. The number of para-hydroxylation sites is 1. The first-order valence-electron chi connectivity index (χ1n) is 10.8. The lowest BCUT2D eigenvalue weighted by Gasteiger charge is -2.21.